The van der Waals surface area contributed by atoms with Crippen LogP contribution in [0, 0.1) is 0 Å². The van der Waals surface area contributed by atoms with Crippen LogP contribution in [0.3, 0.4) is 0 Å². The summed E-state index contributed by atoms with van der Waals surface area (Å²) in [6, 6.07) is 0.00912. The molecule has 0 saturated carbocycles. The van der Waals surface area contributed by atoms with Crippen molar-refractivity contribution in [3.05, 3.63) is 0 Å². The molecule has 4 heteroatoms. The number of carbonyl (C=O) groups excluding carboxylic acids is 1. The van der Waals surface area contributed by atoms with Crippen LogP contribution in [0.5, 0.6) is 0 Å². The molecule has 82 valence electrons. The Morgan fingerprint density at radius 1 is 1.21 bits per heavy atom. The zero-order valence-electron chi connectivity index (χ0n) is 8.94. The zero-order chi connectivity index (χ0) is 10.2. The van der Waals surface area contributed by atoms with Gasteiger partial charge in [0.15, 0.2) is 5.78 Å². The van der Waals surface area contributed by atoms with Crippen molar-refractivity contribution in [1.29, 1.82) is 0 Å². The average molecular weight is 199 g/mol. The van der Waals surface area contributed by atoms with Crippen molar-refractivity contribution in [2.45, 2.75) is 25.8 Å². The van der Waals surface area contributed by atoms with Crippen LogP contribution in [0.2, 0.25) is 0 Å². The highest BCUT2D eigenvalue weighted by Crippen LogP contribution is 1.95. The quantitative estimate of drug-likeness (QED) is 0.574. The third-order valence-corrected chi connectivity index (χ3v) is 2.40. The molecule has 1 aliphatic rings. The van der Waals surface area contributed by atoms with Crippen LogP contribution in [0.25, 0.3) is 0 Å². The van der Waals surface area contributed by atoms with Gasteiger partial charge >= 0.3 is 0 Å². The van der Waals surface area contributed by atoms with E-state index < -0.39 is 0 Å². The maximum Gasteiger partial charge on any atom is 0.151 e. The molecule has 3 N–H and O–H groups in total. The Kier molecular flexibility index (Phi) is 5.75. The van der Waals surface area contributed by atoms with Gasteiger partial charge in [-0.1, -0.05) is 6.92 Å². The van der Waals surface area contributed by atoms with E-state index in [0.29, 0.717) is 12.2 Å². The third-order valence-electron chi connectivity index (χ3n) is 2.40. The monoisotopic (exact) mass is 199 g/mol. The van der Waals surface area contributed by atoms with E-state index in [0.717, 1.165) is 39.1 Å². The molecule has 1 aliphatic heterocycles. The van der Waals surface area contributed by atoms with Crippen LogP contribution < -0.4 is 16.0 Å². The summed E-state index contributed by atoms with van der Waals surface area (Å²) in [6.07, 6.45) is 1.63. The van der Waals surface area contributed by atoms with Gasteiger partial charge in [-0.15, -0.1) is 0 Å². The largest absolute Gasteiger partial charge is 0.314 e. The van der Waals surface area contributed by atoms with Gasteiger partial charge in [-0.2, -0.15) is 0 Å². The SMILES string of the molecule is CCCC(=O)C1CNCCNCCN1. The molecular weight excluding hydrogens is 178 g/mol. The molecule has 0 aromatic carbocycles. The molecule has 14 heavy (non-hydrogen) atoms. The van der Waals surface area contributed by atoms with Gasteiger partial charge < -0.3 is 16.0 Å². The number of nitrogens with one attached hydrogen (secondary N) is 3. The van der Waals surface area contributed by atoms with E-state index >= 15 is 0 Å². The van der Waals surface area contributed by atoms with Crippen molar-refractivity contribution in [1.82, 2.24) is 16.0 Å². The lowest BCUT2D eigenvalue weighted by atomic mass is 10.1. The molecule has 4 nitrogen and oxygen atoms in total. The van der Waals surface area contributed by atoms with Gasteiger partial charge in [-0.25, -0.2) is 0 Å². The fourth-order valence-electron chi connectivity index (χ4n) is 1.60. The minimum atomic E-state index is 0.00912. The van der Waals surface area contributed by atoms with E-state index in [4.69, 9.17) is 0 Å². The Labute approximate surface area is 85.8 Å². The number of hydrogen-bond donors (Lipinski definition) is 3. The molecule has 1 saturated heterocycles. The highest BCUT2D eigenvalue weighted by atomic mass is 16.1. The number of carbonyl (C=O) groups is 1. The number of Topliss-reactive ketones (excluding diaryl/α,β-unsaturated/α-hetero) is 1. The van der Waals surface area contributed by atoms with E-state index in [1.54, 1.807) is 0 Å². The van der Waals surface area contributed by atoms with Gasteiger partial charge in [0.25, 0.3) is 0 Å². The first kappa shape index (κ1) is 11.6. The maximum atomic E-state index is 11.7. The van der Waals surface area contributed by atoms with Crippen molar-refractivity contribution in [3.8, 4) is 0 Å². The molecule has 0 radical (unpaired) electrons. The summed E-state index contributed by atoms with van der Waals surface area (Å²) in [7, 11) is 0. The highest BCUT2D eigenvalue weighted by Gasteiger charge is 2.16. The molecule has 1 rings (SSSR count). The molecule has 0 aliphatic carbocycles. The molecule has 0 aromatic heterocycles. The third kappa shape index (κ3) is 4.17. The van der Waals surface area contributed by atoms with E-state index in [9.17, 15) is 4.79 Å². The van der Waals surface area contributed by atoms with E-state index in [1.165, 1.54) is 0 Å². The summed E-state index contributed by atoms with van der Waals surface area (Å²) in [5.41, 5.74) is 0. The topological polar surface area (TPSA) is 53.2 Å². The standard InChI is InChI=1S/C10H21N3O/c1-2-3-10(14)9-8-12-5-4-11-6-7-13-9/h9,11-13H,2-8H2,1H3. The first-order valence-corrected chi connectivity index (χ1v) is 5.52. The minimum Gasteiger partial charge on any atom is -0.314 e. The lowest BCUT2D eigenvalue weighted by Gasteiger charge is -2.16. The smallest absolute Gasteiger partial charge is 0.151 e. The molecule has 0 aromatic rings. The molecule has 1 heterocycles. The average Bonchev–Trinajstić information content (AvgIpc) is 2.30. The van der Waals surface area contributed by atoms with Crippen LogP contribution in [0.15, 0.2) is 0 Å². The maximum absolute atomic E-state index is 11.7. The first-order valence-electron chi connectivity index (χ1n) is 5.52. The lowest BCUT2D eigenvalue weighted by molar-refractivity contribution is -0.121. The second-order valence-electron chi connectivity index (χ2n) is 3.68. The van der Waals surface area contributed by atoms with Crippen molar-refractivity contribution < 1.29 is 4.79 Å². The van der Waals surface area contributed by atoms with Gasteiger partial charge in [0, 0.05) is 39.1 Å². The minimum absolute atomic E-state index is 0.00912. The number of hydrogen-bond acceptors (Lipinski definition) is 4. The summed E-state index contributed by atoms with van der Waals surface area (Å²) in [5.74, 6) is 0.335. The zero-order valence-corrected chi connectivity index (χ0v) is 8.94. The summed E-state index contributed by atoms with van der Waals surface area (Å²) < 4.78 is 0. The molecular formula is C10H21N3O. The number of rotatable bonds is 3. The Balaban J connectivity index is 2.35. The van der Waals surface area contributed by atoms with Crippen LogP contribution in [-0.4, -0.2) is 44.5 Å². The van der Waals surface area contributed by atoms with Gasteiger partial charge in [-0.05, 0) is 6.42 Å². The summed E-state index contributed by atoms with van der Waals surface area (Å²) in [4.78, 5) is 11.7. The highest BCUT2D eigenvalue weighted by molar-refractivity contribution is 5.84. The Bertz CT molecular complexity index is 163. The molecule has 0 bridgehead atoms. The van der Waals surface area contributed by atoms with Crippen molar-refractivity contribution in [2.24, 2.45) is 0 Å². The van der Waals surface area contributed by atoms with Crippen molar-refractivity contribution >= 4 is 5.78 Å². The number of ketones is 1. The predicted octanol–water partition coefficient (Wildman–Crippen LogP) is -0.493. The van der Waals surface area contributed by atoms with Crippen LogP contribution in [0.4, 0.5) is 0 Å². The summed E-state index contributed by atoms with van der Waals surface area (Å²) in [5, 5.41) is 9.82. The van der Waals surface area contributed by atoms with E-state index in [-0.39, 0.29) is 6.04 Å². The normalized spacial score (nSPS) is 24.8. The fourth-order valence-corrected chi connectivity index (χ4v) is 1.60. The molecule has 1 fully saturated rings. The predicted molar refractivity (Wildman–Crippen MR) is 57.4 cm³/mol. The molecule has 0 spiro atoms. The van der Waals surface area contributed by atoms with E-state index in [1.807, 2.05) is 6.92 Å². The molecule has 0 amide bonds. The lowest BCUT2D eigenvalue weighted by Crippen LogP contribution is -2.45. The summed E-state index contributed by atoms with van der Waals surface area (Å²) >= 11 is 0. The Morgan fingerprint density at radius 3 is 2.71 bits per heavy atom. The van der Waals surface area contributed by atoms with E-state index in [2.05, 4.69) is 16.0 Å². The van der Waals surface area contributed by atoms with Gasteiger partial charge in [0.1, 0.15) is 0 Å². The van der Waals surface area contributed by atoms with Crippen molar-refractivity contribution in [2.75, 3.05) is 32.7 Å². The van der Waals surface area contributed by atoms with Gasteiger partial charge in [0.2, 0.25) is 0 Å². The summed E-state index contributed by atoms with van der Waals surface area (Å²) in [6.45, 7) is 6.55. The Hall–Kier alpha value is -0.450. The molecule has 1 unspecified atom stereocenters. The van der Waals surface area contributed by atoms with Crippen LogP contribution >= 0.6 is 0 Å². The second-order valence-corrected chi connectivity index (χ2v) is 3.68. The first-order chi connectivity index (χ1) is 6.84. The Morgan fingerprint density at radius 2 is 1.93 bits per heavy atom. The fraction of sp³-hybridized carbons (Fsp3) is 0.900. The van der Waals surface area contributed by atoms with Gasteiger partial charge in [0.05, 0.1) is 6.04 Å². The van der Waals surface area contributed by atoms with Crippen LogP contribution in [-0.2, 0) is 4.79 Å². The van der Waals surface area contributed by atoms with Crippen LogP contribution in [0.1, 0.15) is 19.8 Å². The second kappa shape index (κ2) is 6.92. The van der Waals surface area contributed by atoms with Crippen molar-refractivity contribution in [3.63, 3.8) is 0 Å². The van der Waals surface area contributed by atoms with Gasteiger partial charge in [-0.3, -0.25) is 4.79 Å². The molecule has 1 atom stereocenters.